The summed E-state index contributed by atoms with van der Waals surface area (Å²) in [6.07, 6.45) is 1.36. The van der Waals surface area contributed by atoms with Crippen LogP contribution in [0.25, 0.3) is 0 Å². The summed E-state index contributed by atoms with van der Waals surface area (Å²) in [6.45, 7) is 7.25. The molecule has 0 aromatic heterocycles. The molecule has 26 heavy (non-hydrogen) atoms. The van der Waals surface area contributed by atoms with E-state index in [1.807, 2.05) is 13.8 Å². The summed E-state index contributed by atoms with van der Waals surface area (Å²) in [6, 6.07) is 6.76. The lowest BCUT2D eigenvalue weighted by molar-refractivity contribution is -0.139. The molecule has 0 aliphatic carbocycles. The largest absolute Gasteiger partial charge is 0.332 e. The molecule has 1 atom stereocenters. The zero-order chi connectivity index (χ0) is 19.0. The van der Waals surface area contributed by atoms with Crippen LogP contribution in [-0.4, -0.2) is 41.2 Å². The smallest absolute Gasteiger partial charge is 0.243 e. The van der Waals surface area contributed by atoms with Gasteiger partial charge in [-0.25, -0.2) is 0 Å². The molecule has 146 valence electrons. The highest BCUT2D eigenvalue weighted by atomic mass is 35.5. The average Bonchev–Trinajstić information content (AvgIpc) is 2.53. The number of likely N-dealkylation sites (N-methyl/N-ethyl adjacent to an activating group) is 1. The van der Waals surface area contributed by atoms with Gasteiger partial charge in [0.2, 0.25) is 17.7 Å². The zero-order valence-electron chi connectivity index (χ0n) is 15.8. The van der Waals surface area contributed by atoms with Crippen molar-refractivity contribution >= 4 is 41.5 Å². The first-order valence-corrected chi connectivity index (χ1v) is 8.45. The molecule has 0 fully saturated rings. The second kappa shape index (κ2) is 10.8. The van der Waals surface area contributed by atoms with Gasteiger partial charge in [0.05, 0.1) is 12.1 Å². The Bertz CT molecular complexity index is 617. The van der Waals surface area contributed by atoms with E-state index in [1.165, 1.54) is 11.8 Å². The van der Waals surface area contributed by atoms with Crippen LogP contribution in [0.4, 0.5) is 11.4 Å². The van der Waals surface area contributed by atoms with Crippen LogP contribution in [0.1, 0.15) is 40.5 Å². The van der Waals surface area contributed by atoms with Crippen LogP contribution in [0.3, 0.4) is 0 Å². The number of nitrogens with one attached hydrogen (secondary N) is 2. The second-order valence-corrected chi connectivity index (χ2v) is 6.29. The Morgan fingerprint density at radius 1 is 1.08 bits per heavy atom. The maximum Gasteiger partial charge on any atom is 0.243 e. The number of carbonyl (C=O) groups excluding carboxylic acids is 3. The number of hydrogen-bond acceptors (Lipinski definition) is 4. The Labute approximate surface area is 161 Å². The minimum atomic E-state index is -0.967. The highest BCUT2D eigenvalue weighted by Gasteiger charge is 2.31. The molecule has 3 amide bonds. The second-order valence-electron chi connectivity index (χ2n) is 6.29. The van der Waals surface area contributed by atoms with Gasteiger partial charge >= 0.3 is 0 Å². The fourth-order valence-electron chi connectivity index (χ4n) is 2.53. The van der Waals surface area contributed by atoms with Crippen LogP contribution in [-0.2, 0) is 14.4 Å². The van der Waals surface area contributed by atoms with Crippen molar-refractivity contribution in [3.05, 3.63) is 24.3 Å². The standard InChI is InChI=1S/C18H28N4O3.ClH/c1-5-11-18(4,19)17(25)22(6-2)12-16(24)21-15-9-7-14(8-10-15)20-13(3)23;/h7-10H,5-6,11-12,19H2,1-4H3,(H,20,23)(H,21,24);1H. The highest BCUT2D eigenvalue weighted by molar-refractivity contribution is 5.96. The lowest BCUT2D eigenvalue weighted by Gasteiger charge is -2.30. The van der Waals surface area contributed by atoms with E-state index in [2.05, 4.69) is 10.6 Å². The number of halogens is 1. The molecule has 1 aromatic rings. The van der Waals surface area contributed by atoms with E-state index in [4.69, 9.17) is 5.73 Å². The maximum atomic E-state index is 12.5. The molecule has 4 N–H and O–H groups in total. The summed E-state index contributed by atoms with van der Waals surface area (Å²) < 4.78 is 0. The molecule has 0 saturated carbocycles. The monoisotopic (exact) mass is 384 g/mol. The molecule has 1 unspecified atom stereocenters. The van der Waals surface area contributed by atoms with E-state index in [0.29, 0.717) is 24.3 Å². The zero-order valence-corrected chi connectivity index (χ0v) is 16.6. The van der Waals surface area contributed by atoms with Gasteiger partial charge in [-0.1, -0.05) is 13.3 Å². The van der Waals surface area contributed by atoms with Crippen LogP contribution in [0.2, 0.25) is 0 Å². The summed E-state index contributed by atoms with van der Waals surface area (Å²) >= 11 is 0. The first kappa shape index (κ1) is 23.9. The molecule has 1 aromatic carbocycles. The van der Waals surface area contributed by atoms with E-state index in [1.54, 1.807) is 31.2 Å². The number of benzene rings is 1. The summed E-state index contributed by atoms with van der Waals surface area (Å²) in [4.78, 5) is 37.2. The number of nitrogens with zero attached hydrogens (tertiary/aromatic N) is 1. The van der Waals surface area contributed by atoms with Gasteiger partial charge in [-0.3, -0.25) is 14.4 Å². The highest BCUT2D eigenvalue weighted by Crippen LogP contribution is 2.15. The van der Waals surface area contributed by atoms with Crippen molar-refractivity contribution in [2.24, 2.45) is 5.73 Å². The van der Waals surface area contributed by atoms with Crippen LogP contribution in [0.15, 0.2) is 24.3 Å². The van der Waals surface area contributed by atoms with E-state index in [-0.39, 0.29) is 36.7 Å². The van der Waals surface area contributed by atoms with Crippen LogP contribution >= 0.6 is 12.4 Å². The van der Waals surface area contributed by atoms with Gasteiger partial charge in [0, 0.05) is 24.8 Å². The third kappa shape index (κ3) is 7.41. The number of nitrogens with two attached hydrogens (primary N) is 1. The quantitative estimate of drug-likeness (QED) is 0.639. The molecule has 7 nitrogen and oxygen atoms in total. The number of rotatable bonds is 8. The SMILES string of the molecule is CCCC(C)(N)C(=O)N(CC)CC(=O)Nc1ccc(NC(C)=O)cc1.Cl. The average molecular weight is 385 g/mol. The molecule has 0 radical (unpaired) electrons. The molecule has 0 heterocycles. The van der Waals surface area contributed by atoms with Gasteiger partial charge in [-0.05, 0) is 44.5 Å². The maximum absolute atomic E-state index is 12.5. The summed E-state index contributed by atoms with van der Waals surface area (Å²) in [5.41, 5.74) is 6.34. The van der Waals surface area contributed by atoms with Crippen molar-refractivity contribution in [3.63, 3.8) is 0 Å². The minimum absolute atomic E-state index is 0. The Morgan fingerprint density at radius 2 is 1.58 bits per heavy atom. The molecule has 0 aliphatic rings. The topological polar surface area (TPSA) is 105 Å². The molecule has 1 rings (SSSR count). The first-order chi connectivity index (χ1) is 11.7. The van der Waals surface area contributed by atoms with Crippen molar-refractivity contribution in [3.8, 4) is 0 Å². The lowest BCUT2D eigenvalue weighted by Crippen LogP contribution is -2.54. The molecular weight excluding hydrogens is 356 g/mol. The predicted molar refractivity (Wildman–Crippen MR) is 106 cm³/mol. The van der Waals surface area contributed by atoms with Gasteiger partial charge in [-0.15, -0.1) is 12.4 Å². The molecule has 8 heteroatoms. The van der Waals surface area contributed by atoms with E-state index in [0.717, 1.165) is 6.42 Å². The van der Waals surface area contributed by atoms with Crippen LogP contribution in [0.5, 0.6) is 0 Å². The summed E-state index contributed by atoms with van der Waals surface area (Å²) in [5.74, 6) is -0.686. The number of hydrogen-bond donors (Lipinski definition) is 3. The summed E-state index contributed by atoms with van der Waals surface area (Å²) in [5, 5.41) is 5.39. The van der Waals surface area contributed by atoms with Crippen molar-refractivity contribution in [1.29, 1.82) is 0 Å². The Balaban J connectivity index is 0.00000625. The van der Waals surface area contributed by atoms with Gasteiger partial charge in [0.25, 0.3) is 0 Å². The molecule has 0 bridgehead atoms. The van der Waals surface area contributed by atoms with E-state index >= 15 is 0 Å². The third-order valence-electron chi connectivity index (χ3n) is 3.75. The number of anilines is 2. The first-order valence-electron chi connectivity index (χ1n) is 8.45. The summed E-state index contributed by atoms with van der Waals surface area (Å²) in [7, 11) is 0. The molecule has 0 aliphatic heterocycles. The minimum Gasteiger partial charge on any atom is -0.332 e. The van der Waals surface area contributed by atoms with Gasteiger partial charge < -0.3 is 21.3 Å². The molecule has 0 saturated heterocycles. The molecular formula is C18H29ClN4O3. The fraction of sp³-hybridized carbons (Fsp3) is 0.500. The van der Waals surface area contributed by atoms with Gasteiger partial charge in [0.15, 0.2) is 0 Å². The Kier molecular flexibility index (Phi) is 9.90. The van der Waals surface area contributed by atoms with Crippen LogP contribution in [0, 0.1) is 0 Å². The Morgan fingerprint density at radius 3 is 2.00 bits per heavy atom. The van der Waals surface area contributed by atoms with E-state index in [9.17, 15) is 14.4 Å². The van der Waals surface area contributed by atoms with Gasteiger partial charge in [0.1, 0.15) is 0 Å². The normalized spacial score (nSPS) is 12.3. The predicted octanol–water partition coefficient (Wildman–Crippen LogP) is 2.37. The van der Waals surface area contributed by atoms with Gasteiger partial charge in [-0.2, -0.15) is 0 Å². The van der Waals surface area contributed by atoms with E-state index < -0.39 is 5.54 Å². The number of carbonyl (C=O) groups is 3. The van der Waals surface area contributed by atoms with Crippen molar-refractivity contribution in [2.45, 2.75) is 46.1 Å². The fourth-order valence-corrected chi connectivity index (χ4v) is 2.53. The van der Waals surface area contributed by atoms with Crippen molar-refractivity contribution in [2.75, 3.05) is 23.7 Å². The van der Waals surface area contributed by atoms with Crippen LogP contribution < -0.4 is 16.4 Å². The third-order valence-corrected chi connectivity index (χ3v) is 3.75. The van der Waals surface area contributed by atoms with Crippen molar-refractivity contribution in [1.82, 2.24) is 4.90 Å². The lowest BCUT2D eigenvalue weighted by atomic mass is 9.95. The number of amides is 3. The molecule has 0 spiro atoms. The Hall–Kier alpha value is -2.12. The van der Waals surface area contributed by atoms with Crippen molar-refractivity contribution < 1.29 is 14.4 Å².